The Morgan fingerprint density at radius 2 is 1.59 bits per heavy atom. The van der Waals surface area contributed by atoms with Gasteiger partial charge in [0.1, 0.15) is 17.4 Å². The van der Waals surface area contributed by atoms with Gasteiger partial charge in [0.05, 0.1) is 6.07 Å². The van der Waals surface area contributed by atoms with Crippen LogP contribution in [0, 0.1) is 11.3 Å². The summed E-state index contributed by atoms with van der Waals surface area (Å²) in [6.07, 6.45) is 6.41. The molecule has 22 heavy (non-hydrogen) atoms. The predicted molar refractivity (Wildman–Crippen MR) is 86.2 cm³/mol. The van der Waals surface area contributed by atoms with Crippen molar-refractivity contribution in [2.24, 2.45) is 0 Å². The van der Waals surface area contributed by atoms with E-state index in [0.717, 1.165) is 22.6 Å². The fourth-order valence-corrected chi connectivity index (χ4v) is 3.88. The maximum atomic E-state index is 9.68. The molecule has 110 valence electrons. The molecule has 0 radical (unpaired) electrons. The highest BCUT2D eigenvalue weighted by Crippen LogP contribution is 2.48. The Hall–Kier alpha value is -2.27. The molecule has 0 spiro atoms. The monoisotopic (exact) mass is 289 g/mol. The lowest BCUT2D eigenvalue weighted by Gasteiger charge is -2.30. The van der Waals surface area contributed by atoms with Gasteiger partial charge in [-0.1, -0.05) is 55.7 Å². The summed E-state index contributed by atoms with van der Waals surface area (Å²) in [5.41, 5.74) is 3.31. The van der Waals surface area contributed by atoms with E-state index in [1.807, 2.05) is 30.3 Å². The third-order valence-electron chi connectivity index (χ3n) is 5.00. The summed E-state index contributed by atoms with van der Waals surface area (Å²) in [4.78, 5) is 0. The molecule has 1 unspecified atom stereocenters. The van der Waals surface area contributed by atoms with Gasteiger partial charge in [0, 0.05) is 11.1 Å². The number of hydrogen-bond acceptors (Lipinski definition) is 2. The largest absolute Gasteiger partial charge is 0.456 e. The van der Waals surface area contributed by atoms with Crippen LogP contribution in [0.4, 0.5) is 0 Å². The molecule has 2 aromatic rings. The molecule has 1 fully saturated rings. The Kier molecular flexibility index (Phi) is 3.35. The standard InChI is InChI=1S/C20H19NO/c21-13-18-16-9-4-5-12-19(16)22-20-15(10-6-11-17(18)20)14-7-2-1-3-8-14/h4-6,9-12,14,18H,1-3,7-8H2. The average molecular weight is 289 g/mol. The fourth-order valence-electron chi connectivity index (χ4n) is 3.88. The summed E-state index contributed by atoms with van der Waals surface area (Å²) >= 11 is 0. The highest BCUT2D eigenvalue weighted by atomic mass is 16.5. The van der Waals surface area contributed by atoms with Crippen LogP contribution in [0.15, 0.2) is 42.5 Å². The highest BCUT2D eigenvalue weighted by Gasteiger charge is 2.30. The van der Waals surface area contributed by atoms with Crippen LogP contribution in [0.1, 0.15) is 60.6 Å². The lowest BCUT2D eigenvalue weighted by Crippen LogP contribution is -2.13. The highest BCUT2D eigenvalue weighted by molar-refractivity contribution is 5.59. The van der Waals surface area contributed by atoms with Crippen LogP contribution in [-0.2, 0) is 0 Å². The number of rotatable bonds is 1. The molecule has 0 bridgehead atoms. The van der Waals surface area contributed by atoms with Crippen molar-refractivity contribution in [2.45, 2.75) is 43.9 Å². The van der Waals surface area contributed by atoms with Gasteiger partial charge < -0.3 is 4.74 Å². The minimum Gasteiger partial charge on any atom is -0.456 e. The normalized spacial score (nSPS) is 20.4. The Bertz CT molecular complexity index is 738. The Balaban J connectivity index is 1.83. The van der Waals surface area contributed by atoms with Gasteiger partial charge in [-0.05, 0) is 30.4 Å². The molecule has 0 saturated heterocycles. The summed E-state index contributed by atoms with van der Waals surface area (Å²) < 4.78 is 6.24. The third-order valence-corrected chi connectivity index (χ3v) is 5.00. The lowest BCUT2D eigenvalue weighted by molar-refractivity contribution is 0.408. The second kappa shape index (κ2) is 5.50. The maximum absolute atomic E-state index is 9.68. The van der Waals surface area contributed by atoms with E-state index in [9.17, 15) is 5.26 Å². The lowest BCUT2D eigenvalue weighted by atomic mass is 9.80. The van der Waals surface area contributed by atoms with Gasteiger partial charge in [0.15, 0.2) is 0 Å². The van der Waals surface area contributed by atoms with Crippen LogP contribution < -0.4 is 4.74 Å². The Labute approximate surface area is 131 Å². The molecule has 0 N–H and O–H groups in total. The van der Waals surface area contributed by atoms with Crippen molar-refractivity contribution in [3.8, 4) is 17.6 Å². The minimum absolute atomic E-state index is 0.219. The first kappa shape index (κ1) is 13.4. The first-order valence-corrected chi connectivity index (χ1v) is 8.17. The van der Waals surface area contributed by atoms with Crippen LogP contribution in [-0.4, -0.2) is 0 Å². The molecule has 1 aliphatic carbocycles. The summed E-state index contributed by atoms with van der Waals surface area (Å²) in [7, 11) is 0. The molecule has 1 atom stereocenters. The van der Waals surface area contributed by atoms with Crippen molar-refractivity contribution in [3.05, 3.63) is 59.2 Å². The molecule has 2 nitrogen and oxygen atoms in total. The van der Waals surface area contributed by atoms with Gasteiger partial charge in [-0.15, -0.1) is 0 Å². The number of nitriles is 1. The average Bonchev–Trinajstić information content (AvgIpc) is 2.60. The van der Waals surface area contributed by atoms with E-state index in [-0.39, 0.29) is 5.92 Å². The number of hydrogen-bond donors (Lipinski definition) is 0. The number of benzene rings is 2. The number of para-hydroxylation sites is 2. The summed E-state index contributed by atoms with van der Waals surface area (Å²) in [6.45, 7) is 0. The van der Waals surface area contributed by atoms with Gasteiger partial charge in [-0.25, -0.2) is 0 Å². The van der Waals surface area contributed by atoms with Crippen LogP contribution in [0.2, 0.25) is 0 Å². The van der Waals surface area contributed by atoms with E-state index < -0.39 is 0 Å². The van der Waals surface area contributed by atoms with Crippen molar-refractivity contribution in [2.75, 3.05) is 0 Å². The molecule has 4 rings (SSSR count). The molecular formula is C20H19NO. The molecule has 0 aromatic heterocycles. The van der Waals surface area contributed by atoms with Gasteiger partial charge in [-0.3, -0.25) is 0 Å². The smallest absolute Gasteiger partial charge is 0.135 e. The van der Waals surface area contributed by atoms with Gasteiger partial charge in [0.2, 0.25) is 0 Å². The van der Waals surface area contributed by atoms with Gasteiger partial charge in [-0.2, -0.15) is 5.26 Å². The predicted octanol–water partition coefficient (Wildman–Crippen LogP) is 5.50. The molecule has 1 aliphatic heterocycles. The molecule has 2 heteroatoms. The Morgan fingerprint density at radius 3 is 2.41 bits per heavy atom. The summed E-state index contributed by atoms with van der Waals surface area (Å²) in [5, 5.41) is 9.68. The van der Waals surface area contributed by atoms with E-state index in [1.54, 1.807) is 0 Å². The maximum Gasteiger partial charge on any atom is 0.135 e. The van der Waals surface area contributed by atoms with Gasteiger partial charge in [0.25, 0.3) is 0 Å². The number of fused-ring (bicyclic) bond motifs is 2. The second-order valence-corrected chi connectivity index (χ2v) is 6.30. The SMILES string of the molecule is N#CC1c2ccccc2Oc2c(C3CCCCC3)cccc21. The van der Waals surface area contributed by atoms with E-state index in [0.29, 0.717) is 5.92 Å². The summed E-state index contributed by atoms with van der Waals surface area (Å²) in [5.74, 6) is 2.14. The molecule has 2 aromatic carbocycles. The van der Waals surface area contributed by atoms with E-state index in [1.165, 1.54) is 37.7 Å². The molecule has 1 heterocycles. The number of ether oxygens (including phenoxy) is 1. The second-order valence-electron chi connectivity index (χ2n) is 6.30. The first-order chi connectivity index (χ1) is 10.9. The zero-order valence-corrected chi connectivity index (χ0v) is 12.6. The van der Waals surface area contributed by atoms with Crippen LogP contribution in [0.25, 0.3) is 0 Å². The van der Waals surface area contributed by atoms with E-state index in [2.05, 4.69) is 18.2 Å². The topological polar surface area (TPSA) is 33.0 Å². The van der Waals surface area contributed by atoms with Crippen molar-refractivity contribution in [3.63, 3.8) is 0 Å². The minimum atomic E-state index is -0.219. The molecule has 2 aliphatic rings. The molecule has 1 saturated carbocycles. The zero-order valence-electron chi connectivity index (χ0n) is 12.6. The van der Waals surface area contributed by atoms with Crippen LogP contribution in [0.5, 0.6) is 11.5 Å². The van der Waals surface area contributed by atoms with E-state index >= 15 is 0 Å². The van der Waals surface area contributed by atoms with Crippen molar-refractivity contribution in [1.29, 1.82) is 5.26 Å². The first-order valence-electron chi connectivity index (χ1n) is 8.17. The van der Waals surface area contributed by atoms with Crippen LogP contribution in [0.3, 0.4) is 0 Å². The van der Waals surface area contributed by atoms with Gasteiger partial charge >= 0.3 is 0 Å². The zero-order chi connectivity index (χ0) is 14.9. The third kappa shape index (κ3) is 2.09. The quantitative estimate of drug-likeness (QED) is 0.695. The van der Waals surface area contributed by atoms with Crippen LogP contribution >= 0.6 is 0 Å². The molecular weight excluding hydrogens is 270 g/mol. The molecule has 0 amide bonds. The summed E-state index contributed by atoms with van der Waals surface area (Å²) in [6, 6.07) is 16.7. The van der Waals surface area contributed by atoms with Crippen molar-refractivity contribution >= 4 is 0 Å². The fraction of sp³-hybridized carbons (Fsp3) is 0.350. The van der Waals surface area contributed by atoms with Crippen molar-refractivity contribution in [1.82, 2.24) is 0 Å². The van der Waals surface area contributed by atoms with E-state index in [4.69, 9.17) is 4.74 Å². The van der Waals surface area contributed by atoms with Crippen molar-refractivity contribution < 1.29 is 4.74 Å². The Morgan fingerprint density at radius 1 is 0.864 bits per heavy atom. The number of nitrogens with zero attached hydrogens (tertiary/aromatic N) is 1.